The molecule has 2 aliphatic rings. The second kappa shape index (κ2) is 6.89. The molecule has 0 aromatic heterocycles. The number of nitrogens with one attached hydrogen (secondary N) is 1. The van der Waals surface area contributed by atoms with Crippen molar-refractivity contribution >= 4 is 17.4 Å². The van der Waals surface area contributed by atoms with Crippen molar-refractivity contribution in [2.75, 3.05) is 44.2 Å². The molecule has 2 fully saturated rings. The Morgan fingerprint density at radius 3 is 2.38 bits per heavy atom. The Kier molecular flexibility index (Phi) is 4.85. The zero-order valence-electron chi connectivity index (χ0n) is 14.2. The molecule has 1 unspecified atom stereocenters. The van der Waals surface area contributed by atoms with Gasteiger partial charge in [-0.1, -0.05) is 6.92 Å². The molecule has 2 aliphatic heterocycles. The number of Topliss-reactive ketones (excluding diaryl/α,β-unsaturated/α-hetero) is 1. The third-order valence-corrected chi connectivity index (χ3v) is 5.20. The highest BCUT2D eigenvalue weighted by atomic mass is 19.1. The number of halogens is 1. The highest BCUT2D eigenvalue weighted by Gasteiger charge is 2.33. The summed E-state index contributed by atoms with van der Waals surface area (Å²) in [7, 11) is 0. The molecule has 130 valence electrons. The summed E-state index contributed by atoms with van der Waals surface area (Å²) in [6.45, 7) is 7.70. The van der Waals surface area contributed by atoms with Gasteiger partial charge in [-0.15, -0.1) is 0 Å². The topological polar surface area (TPSA) is 52.7 Å². The van der Waals surface area contributed by atoms with Crippen molar-refractivity contribution in [3.63, 3.8) is 0 Å². The van der Waals surface area contributed by atoms with Crippen molar-refractivity contribution in [3.05, 3.63) is 29.6 Å². The summed E-state index contributed by atoms with van der Waals surface area (Å²) < 4.78 is 14.3. The normalized spacial score (nSPS) is 19.8. The molecule has 0 spiro atoms. The molecule has 6 heteroatoms. The van der Waals surface area contributed by atoms with E-state index in [9.17, 15) is 14.0 Å². The minimum atomic E-state index is -0.378. The van der Waals surface area contributed by atoms with E-state index in [2.05, 4.69) is 5.32 Å². The smallest absolute Gasteiger partial charge is 0.225 e. The summed E-state index contributed by atoms with van der Waals surface area (Å²) in [4.78, 5) is 27.7. The highest BCUT2D eigenvalue weighted by molar-refractivity contribution is 5.94. The van der Waals surface area contributed by atoms with Gasteiger partial charge in [-0.3, -0.25) is 9.59 Å². The first-order valence-electron chi connectivity index (χ1n) is 8.52. The molecule has 0 radical (unpaired) electrons. The Balaban J connectivity index is 1.60. The molecular weight excluding hydrogens is 309 g/mol. The molecule has 1 atom stereocenters. The zero-order valence-corrected chi connectivity index (χ0v) is 14.2. The monoisotopic (exact) mass is 333 g/mol. The minimum absolute atomic E-state index is 0.0457. The predicted octanol–water partition coefficient (Wildman–Crippen LogP) is 1.53. The molecule has 1 amide bonds. The van der Waals surface area contributed by atoms with Crippen LogP contribution in [0.25, 0.3) is 0 Å². The lowest BCUT2D eigenvalue weighted by Crippen LogP contribution is -2.54. The third kappa shape index (κ3) is 3.29. The standard InChI is InChI=1S/C18H24FN3O2/c1-12(15-10-20-11-15)18(24)22-7-5-21(6-8-22)17-4-3-14(13(2)23)9-16(17)19/h3-4,9,12,15,20H,5-8,10-11H2,1-2H3. The van der Waals surface area contributed by atoms with E-state index in [1.54, 1.807) is 12.1 Å². The first kappa shape index (κ1) is 16.9. The largest absolute Gasteiger partial charge is 0.366 e. The Morgan fingerprint density at radius 2 is 1.88 bits per heavy atom. The molecule has 1 aromatic rings. The van der Waals surface area contributed by atoms with Gasteiger partial charge in [0.05, 0.1) is 5.69 Å². The van der Waals surface area contributed by atoms with Crippen LogP contribution in [0.5, 0.6) is 0 Å². The SMILES string of the molecule is CC(=O)c1ccc(N2CCN(C(=O)C(C)C3CNC3)CC2)c(F)c1. The molecule has 5 nitrogen and oxygen atoms in total. The second-order valence-corrected chi connectivity index (χ2v) is 6.74. The molecule has 2 heterocycles. The summed E-state index contributed by atoms with van der Waals surface area (Å²) in [5.41, 5.74) is 0.885. The van der Waals surface area contributed by atoms with Gasteiger partial charge in [0.1, 0.15) is 5.82 Å². The van der Waals surface area contributed by atoms with E-state index in [0.29, 0.717) is 43.3 Å². The third-order valence-electron chi connectivity index (χ3n) is 5.20. The Hall–Kier alpha value is -1.95. The maximum absolute atomic E-state index is 14.3. The number of carbonyl (C=O) groups is 2. The van der Waals surface area contributed by atoms with Gasteiger partial charge >= 0.3 is 0 Å². The molecule has 1 aromatic carbocycles. The maximum Gasteiger partial charge on any atom is 0.225 e. The number of rotatable bonds is 4. The molecule has 3 rings (SSSR count). The van der Waals surface area contributed by atoms with Gasteiger partial charge in [0.25, 0.3) is 0 Å². The van der Waals surface area contributed by atoms with Crippen LogP contribution >= 0.6 is 0 Å². The molecule has 24 heavy (non-hydrogen) atoms. The lowest BCUT2D eigenvalue weighted by Gasteiger charge is -2.40. The Bertz CT molecular complexity index is 637. The van der Waals surface area contributed by atoms with E-state index in [-0.39, 0.29) is 23.4 Å². The maximum atomic E-state index is 14.3. The summed E-state index contributed by atoms with van der Waals surface area (Å²) >= 11 is 0. The van der Waals surface area contributed by atoms with Gasteiger partial charge in [0, 0.05) is 37.7 Å². The van der Waals surface area contributed by atoms with E-state index >= 15 is 0 Å². The van der Waals surface area contributed by atoms with Gasteiger partial charge in [-0.2, -0.15) is 0 Å². The van der Waals surface area contributed by atoms with Crippen molar-refractivity contribution in [2.24, 2.45) is 11.8 Å². The van der Waals surface area contributed by atoms with Crippen molar-refractivity contribution in [1.82, 2.24) is 10.2 Å². The van der Waals surface area contributed by atoms with Gasteiger partial charge in [-0.25, -0.2) is 4.39 Å². The van der Waals surface area contributed by atoms with Gasteiger partial charge in [0.2, 0.25) is 5.91 Å². The van der Waals surface area contributed by atoms with Crippen molar-refractivity contribution < 1.29 is 14.0 Å². The fraction of sp³-hybridized carbons (Fsp3) is 0.556. The van der Waals surface area contributed by atoms with Crippen LogP contribution in [0.15, 0.2) is 18.2 Å². The number of hydrogen-bond acceptors (Lipinski definition) is 4. The first-order valence-corrected chi connectivity index (χ1v) is 8.52. The summed E-state index contributed by atoms with van der Waals surface area (Å²) in [6.07, 6.45) is 0. The van der Waals surface area contributed by atoms with Crippen molar-refractivity contribution in [3.8, 4) is 0 Å². The number of benzene rings is 1. The number of amides is 1. The van der Waals surface area contributed by atoms with Gasteiger partial charge in [0.15, 0.2) is 5.78 Å². The lowest BCUT2D eigenvalue weighted by molar-refractivity contribution is -0.137. The highest BCUT2D eigenvalue weighted by Crippen LogP contribution is 2.24. The van der Waals surface area contributed by atoms with Gasteiger partial charge in [-0.05, 0) is 44.1 Å². The summed E-state index contributed by atoms with van der Waals surface area (Å²) in [6, 6.07) is 4.61. The van der Waals surface area contributed by atoms with Gasteiger partial charge < -0.3 is 15.1 Å². The van der Waals surface area contributed by atoms with E-state index in [1.165, 1.54) is 13.0 Å². The van der Waals surface area contributed by atoms with Crippen LogP contribution in [-0.4, -0.2) is 55.9 Å². The molecule has 0 saturated carbocycles. The quantitative estimate of drug-likeness (QED) is 0.849. The van der Waals surface area contributed by atoms with Crippen molar-refractivity contribution in [2.45, 2.75) is 13.8 Å². The zero-order chi connectivity index (χ0) is 17.3. The minimum Gasteiger partial charge on any atom is -0.366 e. The number of carbonyl (C=O) groups excluding carboxylic acids is 2. The lowest BCUT2D eigenvalue weighted by atomic mass is 9.88. The fourth-order valence-electron chi connectivity index (χ4n) is 3.30. The fourth-order valence-corrected chi connectivity index (χ4v) is 3.30. The molecular formula is C18H24FN3O2. The van der Waals surface area contributed by atoms with Crippen LogP contribution in [0.3, 0.4) is 0 Å². The average molecular weight is 333 g/mol. The van der Waals surface area contributed by atoms with Crippen LogP contribution in [-0.2, 0) is 4.79 Å². The first-order chi connectivity index (χ1) is 11.5. The van der Waals surface area contributed by atoms with Crippen LogP contribution < -0.4 is 10.2 Å². The predicted molar refractivity (Wildman–Crippen MR) is 90.7 cm³/mol. The van der Waals surface area contributed by atoms with E-state index < -0.39 is 0 Å². The molecule has 0 aliphatic carbocycles. The van der Waals surface area contributed by atoms with Crippen LogP contribution in [0.4, 0.5) is 10.1 Å². The summed E-state index contributed by atoms with van der Waals surface area (Å²) in [5, 5.41) is 3.20. The van der Waals surface area contributed by atoms with Crippen LogP contribution in [0.1, 0.15) is 24.2 Å². The number of nitrogens with zero attached hydrogens (tertiary/aromatic N) is 2. The Morgan fingerprint density at radius 1 is 1.21 bits per heavy atom. The number of piperazine rings is 1. The number of hydrogen-bond donors (Lipinski definition) is 1. The number of ketones is 1. The average Bonchev–Trinajstić information content (AvgIpc) is 2.52. The van der Waals surface area contributed by atoms with E-state index in [0.717, 1.165) is 13.1 Å². The Labute approximate surface area is 141 Å². The second-order valence-electron chi connectivity index (χ2n) is 6.74. The molecule has 2 saturated heterocycles. The van der Waals surface area contributed by atoms with E-state index in [4.69, 9.17) is 0 Å². The van der Waals surface area contributed by atoms with Crippen molar-refractivity contribution in [1.29, 1.82) is 0 Å². The number of anilines is 1. The summed E-state index contributed by atoms with van der Waals surface area (Å²) in [5.74, 6) is 0.164. The van der Waals surface area contributed by atoms with Crippen LogP contribution in [0.2, 0.25) is 0 Å². The van der Waals surface area contributed by atoms with E-state index in [1.807, 2.05) is 16.7 Å². The van der Waals surface area contributed by atoms with Crippen LogP contribution in [0, 0.1) is 17.7 Å². The molecule has 0 bridgehead atoms. The molecule has 1 N–H and O–H groups in total.